The highest BCUT2D eigenvalue weighted by molar-refractivity contribution is 6.02. The van der Waals surface area contributed by atoms with Gasteiger partial charge in [-0.25, -0.2) is 4.79 Å². The van der Waals surface area contributed by atoms with Crippen LogP contribution >= 0.6 is 0 Å². The Kier molecular flexibility index (Phi) is 5.20. The third kappa shape index (κ3) is 4.33. The average molecular weight is 364 g/mol. The van der Waals surface area contributed by atoms with Crippen molar-refractivity contribution >= 4 is 34.8 Å². The SMILES string of the molecule is [N-]=[N+]=Nc1ccc(N=Nc2ccc(C(=O)ON3C(=O)CCC3=O)cc2)cc1. The van der Waals surface area contributed by atoms with Crippen molar-refractivity contribution in [1.29, 1.82) is 0 Å². The summed E-state index contributed by atoms with van der Waals surface area (Å²) in [6, 6.07) is 12.5. The Bertz CT molecular complexity index is 946. The van der Waals surface area contributed by atoms with Gasteiger partial charge in [0.1, 0.15) is 0 Å². The van der Waals surface area contributed by atoms with Gasteiger partial charge in [0.05, 0.1) is 16.9 Å². The molecule has 134 valence electrons. The Labute approximate surface area is 152 Å². The number of benzene rings is 2. The molecule has 3 rings (SSSR count). The van der Waals surface area contributed by atoms with Crippen molar-refractivity contribution in [2.45, 2.75) is 12.8 Å². The van der Waals surface area contributed by atoms with Crippen LogP contribution in [0.25, 0.3) is 10.4 Å². The van der Waals surface area contributed by atoms with Gasteiger partial charge in [-0.1, -0.05) is 17.2 Å². The molecule has 0 radical (unpaired) electrons. The predicted molar refractivity (Wildman–Crippen MR) is 92.4 cm³/mol. The van der Waals surface area contributed by atoms with Gasteiger partial charge in [0.15, 0.2) is 0 Å². The van der Waals surface area contributed by atoms with Crippen molar-refractivity contribution in [1.82, 2.24) is 5.06 Å². The molecule has 1 saturated heterocycles. The molecule has 1 fully saturated rings. The van der Waals surface area contributed by atoms with Crippen LogP contribution in [0.3, 0.4) is 0 Å². The number of rotatable bonds is 5. The number of carbonyl (C=O) groups excluding carboxylic acids is 3. The van der Waals surface area contributed by atoms with Gasteiger partial charge < -0.3 is 4.84 Å². The summed E-state index contributed by atoms with van der Waals surface area (Å²) in [6.07, 6.45) is 0.0740. The van der Waals surface area contributed by atoms with Crippen molar-refractivity contribution in [2.24, 2.45) is 15.3 Å². The van der Waals surface area contributed by atoms with Crippen molar-refractivity contribution in [3.8, 4) is 0 Å². The van der Waals surface area contributed by atoms with Crippen LogP contribution in [0.15, 0.2) is 63.9 Å². The molecule has 0 spiro atoms. The zero-order valence-corrected chi connectivity index (χ0v) is 13.8. The summed E-state index contributed by atoms with van der Waals surface area (Å²) in [5, 5.41) is 12.0. The van der Waals surface area contributed by atoms with E-state index in [9.17, 15) is 14.4 Å². The van der Waals surface area contributed by atoms with Crippen LogP contribution in [0, 0.1) is 0 Å². The molecule has 0 unspecified atom stereocenters. The fourth-order valence-corrected chi connectivity index (χ4v) is 2.21. The smallest absolute Gasteiger partial charge is 0.325 e. The van der Waals surface area contributed by atoms with Gasteiger partial charge in [0.25, 0.3) is 11.8 Å². The van der Waals surface area contributed by atoms with Gasteiger partial charge in [-0.15, -0.1) is 5.06 Å². The minimum absolute atomic E-state index is 0.0370. The molecule has 0 bridgehead atoms. The monoisotopic (exact) mass is 364 g/mol. The molecule has 0 aliphatic carbocycles. The minimum atomic E-state index is -0.810. The number of hydrogen-bond donors (Lipinski definition) is 0. The number of imide groups is 1. The molecule has 0 N–H and O–H groups in total. The summed E-state index contributed by atoms with van der Waals surface area (Å²) in [6.45, 7) is 0. The molecule has 0 atom stereocenters. The second kappa shape index (κ2) is 7.89. The van der Waals surface area contributed by atoms with Crippen LogP contribution < -0.4 is 0 Å². The van der Waals surface area contributed by atoms with E-state index in [1.54, 1.807) is 36.4 Å². The second-order valence-electron chi connectivity index (χ2n) is 5.41. The second-order valence-corrected chi connectivity index (χ2v) is 5.41. The number of nitrogens with zero attached hydrogens (tertiary/aromatic N) is 6. The predicted octanol–water partition coefficient (Wildman–Crippen LogP) is 4.26. The van der Waals surface area contributed by atoms with Crippen molar-refractivity contribution < 1.29 is 19.2 Å². The summed E-state index contributed by atoms with van der Waals surface area (Å²) in [5.74, 6) is -1.88. The first-order valence-corrected chi connectivity index (χ1v) is 7.82. The third-order valence-electron chi connectivity index (χ3n) is 3.57. The van der Waals surface area contributed by atoms with Crippen molar-refractivity contribution in [3.05, 3.63) is 64.5 Å². The normalized spacial score (nSPS) is 13.7. The van der Waals surface area contributed by atoms with Crippen LogP contribution in [0.4, 0.5) is 17.1 Å². The first-order valence-electron chi connectivity index (χ1n) is 7.82. The van der Waals surface area contributed by atoms with E-state index in [0.717, 1.165) is 0 Å². The summed E-state index contributed by atoms with van der Waals surface area (Å²) >= 11 is 0. The van der Waals surface area contributed by atoms with E-state index >= 15 is 0 Å². The number of carbonyl (C=O) groups is 3. The molecular weight excluding hydrogens is 352 g/mol. The maximum absolute atomic E-state index is 12.0. The minimum Gasteiger partial charge on any atom is -0.325 e. The highest BCUT2D eigenvalue weighted by atomic mass is 16.7. The van der Waals surface area contributed by atoms with Crippen molar-refractivity contribution in [3.63, 3.8) is 0 Å². The first kappa shape index (κ1) is 17.8. The molecule has 1 heterocycles. The highest BCUT2D eigenvalue weighted by Crippen LogP contribution is 2.22. The zero-order chi connectivity index (χ0) is 19.2. The van der Waals surface area contributed by atoms with Gasteiger partial charge in [0, 0.05) is 23.4 Å². The molecule has 10 heteroatoms. The number of azide groups is 1. The Morgan fingerprint density at radius 3 is 1.89 bits per heavy atom. The lowest BCUT2D eigenvalue weighted by Crippen LogP contribution is -2.32. The van der Waals surface area contributed by atoms with E-state index in [1.807, 2.05) is 0 Å². The van der Waals surface area contributed by atoms with Crippen LogP contribution in [-0.4, -0.2) is 22.8 Å². The van der Waals surface area contributed by atoms with Gasteiger partial charge in [0.2, 0.25) is 0 Å². The highest BCUT2D eigenvalue weighted by Gasteiger charge is 2.33. The summed E-state index contributed by atoms with van der Waals surface area (Å²) in [5.41, 5.74) is 10.0. The van der Waals surface area contributed by atoms with Crippen LogP contribution in [0.2, 0.25) is 0 Å². The number of hydroxylamine groups is 2. The Morgan fingerprint density at radius 2 is 1.37 bits per heavy atom. The summed E-state index contributed by atoms with van der Waals surface area (Å²) < 4.78 is 0. The third-order valence-corrected chi connectivity index (χ3v) is 3.57. The van der Waals surface area contributed by atoms with E-state index in [2.05, 4.69) is 20.3 Å². The van der Waals surface area contributed by atoms with Gasteiger partial charge in [-0.3, -0.25) is 9.59 Å². The summed E-state index contributed by atoms with van der Waals surface area (Å²) in [4.78, 5) is 42.4. The van der Waals surface area contributed by atoms with E-state index < -0.39 is 17.8 Å². The van der Waals surface area contributed by atoms with Crippen LogP contribution in [-0.2, 0) is 14.4 Å². The molecule has 1 aliphatic heterocycles. The zero-order valence-electron chi connectivity index (χ0n) is 13.8. The molecule has 10 nitrogen and oxygen atoms in total. The van der Waals surface area contributed by atoms with Crippen molar-refractivity contribution in [2.75, 3.05) is 0 Å². The molecule has 2 amide bonds. The molecule has 27 heavy (non-hydrogen) atoms. The van der Waals surface area contributed by atoms with Crippen LogP contribution in [0.1, 0.15) is 23.2 Å². The lowest BCUT2D eigenvalue weighted by Gasteiger charge is -2.12. The van der Waals surface area contributed by atoms with E-state index in [1.165, 1.54) is 12.1 Å². The van der Waals surface area contributed by atoms with Gasteiger partial charge >= 0.3 is 5.97 Å². The number of hydrogen-bond acceptors (Lipinski definition) is 7. The molecule has 2 aromatic carbocycles. The maximum Gasteiger partial charge on any atom is 0.363 e. The Morgan fingerprint density at radius 1 is 0.889 bits per heavy atom. The lowest BCUT2D eigenvalue weighted by atomic mass is 10.2. The quantitative estimate of drug-likeness (QED) is 0.338. The Balaban J connectivity index is 1.64. The standard InChI is InChI=1S/C17H12N6O4/c18-22-21-14-7-5-13(6-8-14)20-19-12-3-1-11(2-4-12)17(26)27-23-15(24)9-10-16(23)25/h1-8H,9-10H2. The summed E-state index contributed by atoms with van der Waals surface area (Å²) in [7, 11) is 0. The van der Waals surface area contributed by atoms with Crippen LogP contribution in [0.5, 0.6) is 0 Å². The molecule has 0 aromatic heterocycles. The molecule has 2 aromatic rings. The van der Waals surface area contributed by atoms with E-state index in [4.69, 9.17) is 10.4 Å². The topological polar surface area (TPSA) is 137 Å². The molecule has 0 saturated carbocycles. The first-order chi connectivity index (χ1) is 13.1. The fraction of sp³-hybridized carbons (Fsp3) is 0.118. The van der Waals surface area contributed by atoms with Gasteiger partial charge in [-0.05, 0) is 41.9 Å². The lowest BCUT2D eigenvalue weighted by molar-refractivity contribution is -0.172. The number of amides is 2. The fourth-order valence-electron chi connectivity index (χ4n) is 2.21. The van der Waals surface area contributed by atoms with E-state index in [0.29, 0.717) is 22.1 Å². The average Bonchev–Trinajstić information content (AvgIpc) is 3.00. The largest absolute Gasteiger partial charge is 0.363 e. The Hall–Kier alpha value is -4.04. The molecule has 1 aliphatic rings. The van der Waals surface area contributed by atoms with Gasteiger partial charge in [-0.2, -0.15) is 10.2 Å². The number of azo groups is 1. The maximum atomic E-state index is 12.0. The molecular formula is C17H12N6O4. The van der Waals surface area contributed by atoms with E-state index in [-0.39, 0.29) is 18.4 Å².